The highest BCUT2D eigenvalue weighted by atomic mass is 32.2. The summed E-state index contributed by atoms with van der Waals surface area (Å²) in [6, 6.07) is 6.10. The van der Waals surface area contributed by atoms with Gasteiger partial charge in [0.1, 0.15) is 22.8 Å². The monoisotopic (exact) mass is 434 g/mol. The van der Waals surface area contributed by atoms with E-state index in [1.165, 1.54) is 13.8 Å². The average Bonchev–Trinajstić information content (AvgIpc) is 2.88. The number of carbonyl (C=O) groups excluding carboxylic acids is 2. The third-order valence-electron chi connectivity index (χ3n) is 5.63. The van der Waals surface area contributed by atoms with E-state index in [0.29, 0.717) is 5.56 Å². The molecule has 0 bridgehead atoms. The van der Waals surface area contributed by atoms with Gasteiger partial charge in [0.25, 0.3) is 11.8 Å². The maximum absolute atomic E-state index is 13.4. The van der Waals surface area contributed by atoms with Crippen LogP contribution in [0.4, 0.5) is 0 Å². The second-order valence-corrected chi connectivity index (χ2v) is 9.14. The molecule has 11 nitrogen and oxygen atoms in total. The summed E-state index contributed by atoms with van der Waals surface area (Å²) in [4.78, 5) is 51.4. The maximum atomic E-state index is 13.4. The second kappa shape index (κ2) is 6.62. The highest BCUT2D eigenvalue weighted by Crippen LogP contribution is 2.47. The van der Waals surface area contributed by atoms with Crippen LogP contribution in [0.3, 0.4) is 0 Å². The van der Waals surface area contributed by atoms with Crippen LogP contribution in [-0.2, 0) is 25.2 Å². The van der Waals surface area contributed by atoms with E-state index in [2.05, 4.69) is 5.29 Å². The lowest BCUT2D eigenvalue weighted by molar-refractivity contribution is -0.164. The van der Waals surface area contributed by atoms with Crippen molar-refractivity contribution in [2.75, 3.05) is 5.75 Å². The molecule has 30 heavy (non-hydrogen) atoms. The summed E-state index contributed by atoms with van der Waals surface area (Å²) < 4.78 is 12.7. The van der Waals surface area contributed by atoms with Gasteiger partial charge in [0.15, 0.2) is 11.7 Å². The summed E-state index contributed by atoms with van der Waals surface area (Å²) in [7, 11) is -1.85. The highest BCUT2D eigenvalue weighted by Gasteiger charge is 2.66. The van der Waals surface area contributed by atoms with Gasteiger partial charge in [0.2, 0.25) is 0 Å². The van der Waals surface area contributed by atoms with Crippen molar-refractivity contribution in [3.05, 3.63) is 52.3 Å². The van der Waals surface area contributed by atoms with Crippen molar-refractivity contribution in [3.8, 4) is 0 Å². The maximum Gasteiger partial charge on any atom is 0.356 e. The zero-order chi connectivity index (χ0) is 22.0. The number of aliphatic carboxylic acids is 1. The fourth-order valence-corrected chi connectivity index (χ4v) is 5.86. The number of rotatable bonds is 4. The van der Waals surface area contributed by atoms with Gasteiger partial charge in [-0.15, -0.1) is 4.91 Å². The van der Waals surface area contributed by atoms with Crippen molar-refractivity contribution in [2.24, 2.45) is 5.29 Å². The minimum atomic E-state index is -1.85. The second-order valence-electron chi connectivity index (χ2n) is 7.61. The molecule has 12 heteroatoms. The van der Waals surface area contributed by atoms with Gasteiger partial charge in [0.05, 0.1) is 21.8 Å². The van der Waals surface area contributed by atoms with Crippen LogP contribution in [0.15, 0.2) is 47.1 Å². The number of fused-ring (bicyclic) bond motifs is 1. The van der Waals surface area contributed by atoms with Gasteiger partial charge < -0.3 is 15.1 Å². The molecule has 158 valence electrons. The fraction of sp³-hybridized carbons (Fsp3) is 0.389. The van der Waals surface area contributed by atoms with Crippen molar-refractivity contribution >= 4 is 28.6 Å². The number of nitroso groups, excluding NO2 is 1. The van der Waals surface area contributed by atoms with Gasteiger partial charge in [-0.05, 0) is 19.4 Å². The number of aliphatic hydroxyl groups excluding tert-OH is 1. The molecule has 0 aliphatic carbocycles. The number of hydrogen-bond donors (Lipinski definition) is 2. The number of benzene rings is 1. The molecule has 3 heterocycles. The minimum absolute atomic E-state index is 0.452. The predicted molar refractivity (Wildman–Crippen MR) is 102 cm³/mol. The smallest absolute Gasteiger partial charge is 0.356 e. The average molecular weight is 434 g/mol. The van der Waals surface area contributed by atoms with Crippen molar-refractivity contribution in [3.63, 3.8) is 0 Å². The van der Waals surface area contributed by atoms with E-state index >= 15 is 0 Å². The van der Waals surface area contributed by atoms with E-state index < -0.39 is 68.9 Å². The Kier molecular flexibility index (Phi) is 4.42. The molecule has 1 aromatic rings. The van der Waals surface area contributed by atoms with Crippen LogP contribution >= 0.6 is 0 Å². The van der Waals surface area contributed by atoms with Gasteiger partial charge in [-0.25, -0.2) is 9.80 Å². The van der Waals surface area contributed by atoms with Crippen molar-refractivity contribution in [1.82, 2.24) is 14.8 Å². The lowest BCUT2D eigenvalue weighted by atomic mass is 9.99. The SMILES string of the molecule is CC1(C)N(N=O)[C@H](c2ccccc2)C(=O)N1[C@@H]1C(=O)N2C(C(=O)O)=C(O)CS(=O)[C@H]12. The minimum Gasteiger partial charge on any atom is -0.509 e. The van der Waals surface area contributed by atoms with Crippen LogP contribution in [0.25, 0.3) is 0 Å². The Bertz CT molecular complexity index is 1020. The summed E-state index contributed by atoms with van der Waals surface area (Å²) in [5.41, 5.74) is -1.49. The molecule has 2 saturated heterocycles. The van der Waals surface area contributed by atoms with Gasteiger partial charge in [0, 0.05) is 0 Å². The largest absolute Gasteiger partial charge is 0.509 e. The molecular weight excluding hydrogens is 416 g/mol. The van der Waals surface area contributed by atoms with E-state index in [1.54, 1.807) is 30.3 Å². The van der Waals surface area contributed by atoms with Crippen molar-refractivity contribution < 1.29 is 28.8 Å². The van der Waals surface area contributed by atoms with Crippen molar-refractivity contribution in [2.45, 2.75) is 37.0 Å². The van der Waals surface area contributed by atoms with E-state index in [0.717, 1.165) is 14.8 Å². The summed E-state index contributed by atoms with van der Waals surface area (Å²) in [6.07, 6.45) is 0. The first-order valence-electron chi connectivity index (χ1n) is 8.99. The van der Waals surface area contributed by atoms with Crippen LogP contribution < -0.4 is 0 Å². The molecule has 2 fully saturated rings. The van der Waals surface area contributed by atoms with Crippen LogP contribution in [0, 0.1) is 4.91 Å². The Morgan fingerprint density at radius 3 is 2.40 bits per heavy atom. The van der Waals surface area contributed by atoms with Gasteiger partial charge in [-0.2, -0.15) is 0 Å². The molecule has 3 aliphatic rings. The third-order valence-corrected chi connectivity index (χ3v) is 7.19. The Hall–Kier alpha value is -3.28. The molecule has 0 saturated carbocycles. The molecule has 0 aromatic heterocycles. The standard InChI is InChI=1S/C18H18N4O7S/c1-18(2)21(15(25)11(22(18)19-28)9-6-4-3-5-7-9)13-14(24)20-12(17(26)27)10(23)8-30(29)16(13)20/h3-7,11,13,16,23H,8H2,1-2H3,(H,26,27)/t11-,13-,16-,30?/m1/s1. The first-order chi connectivity index (χ1) is 14.1. The Balaban J connectivity index is 1.77. The normalized spacial score (nSPS) is 30.3. The lowest BCUT2D eigenvalue weighted by Gasteiger charge is -2.53. The molecule has 0 radical (unpaired) electrons. The summed E-state index contributed by atoms with van der Waals surface area (Å²) in [5, 5.41) is 22.2. The van der Waals surface area contributed by atoms with E-state index in [-0.39, 0.29) is 0 Å². The Morgan fingerprint density at radius 1 is 1.20 bits per heavy atom. The van der Waals surface area contributed by atoms with Crippen LogP contribution in [0.1, 0.15) is 25.5 Å². The summed E-state index contributed by atoms with van der Waals surface area (Å²) in [6.45, 7) is 3.06. The van der Waals surface area contributed by atoms with Crippen LogP contribution in [0.5, 0.6) is 0 Å². The van der Waals surface area contributed by atoms with Gasteiger partial charge in [-0.1, -0.05) is 30.3 Å². The molecule has 3 aliphatic heterocycles. The number of nitrogens with zero attached hydrogens (tertiary/aromatic N) is 4. The van der Waals surface area contributed by atoms with E-state index in [9.17, 15) is 33.7 Å². The molecule has 2 amide bonds. The molecule has 4 rings (SSSR count). The first kappa shape index (κ1) is 20.0. The number of hydrogen-bond acceptors (Lipinski definition) is 7. The molecular formula is C18H18N4O7S. The zero-order valence-corrected chi connectivity index (χ0v) is 16.8. The van der Waals surface area contributed by atoms with E-state index in [1.807, 2.05) is 0 Å². The topological polar surface area (TPSA) is 148 Å². The Morgan fingerprint density at radius 2 is 1.83 bits per heavy atom. The molecule has 4 atom stereocenters. The van der Waals surface area contributed by atoms with E-state index in [4.69, 9.17) is 0 Å². The molecule has 2 N–H and O–H groups in total. The fourth-order valence-electron chi connectivity index (χ4n) is 4.32. The number of β-lactam (4-membered cyclic amide) rings is 1. The van der Waals surface area contributed by atoms with Crippen molar-refractivity contribution in [1.29, 1.82) is 0 Å². The number of carboxylic acid groups (broad SMARTS) is 1. The zero-order valence-electron chi connectivity index (χ0n) is 16.0. The third kappa shape index (κ3) is 2.49. The highest BCUT2D eigenvalue weighted by molar-refractivity contribution is 7.86. The number of carbonyl (C=O) groups is 3. The summed E-state index contributed by atoms with van der Waals surface area (Å²) in [5.74, 6) is -4.03. The molecule has 1 aromatic carbocycles. The van der Waals surface area contributed by atoms with Crippen LogP contribution in [0.2, 0.25) is 0 Å². The summed E-state index contributed by atoms with van der Waals surface area (Å²) >= 11 is 0. The van der Waals surface area contributed by atoms with Gasteiger partial charge in [-0.3, -0.25) is 18.7 Å². The lowest BCUT2D eigenvalue weighted by Crippen LogP contribution is -2.76. The number of amides is 2. The number of aliphatic hydroxyl groups is 1. The molecule has 0 spiro atoms. The number of carboxylic acids is 1. The predicted octanol–water partition coefficient (Wildman–Crippen LogP) is 0.443. The van der Waals surface area contributed by atoms with Crippen LogP contribution in [-0.4, -0.2) is 69.8 Å². The first-order valence-corrected chi connectivity index (χ1v) is 10.4. The van der Waals surface area contributed by atoms with Gasteiger partial charge >= 0.3 is 5.97 Å². The quantitative estimate of drug-likeness (QED) is 0.512. The molecule has 1 unspecified atom stereocenters. The Labute approximate surface area is 172 Å².